The molecule has 0 saturated carbocycles. The highest BCUT2D eigenvalue weighted by Gasteiger charge is 2.36. The standard InChI is InChI=1S/C25H25ClN2O5S/c1-5-7-33-23-19(26)11-17(12-20(23)32-6-2)13-21-24(30)28(25(31)34-21)14-22(29)27-18-9-15(3)8-16(4)10-18/h5,8-13H,1,6-7,14H2,2-4H3,(H,27,29)/b21-13+. The number of amides is 3. The minimum atomic E-state index is -0.549. The molecule has 7 nitrogen and oxygen atoms in total. The van der Waals surface area contributed by atoms with E-state index in [1.54, 1.807) is 24.3 Å². The number of halogens is 1. The number of anilines is 1. The molecule has 0 atom stereocenters. The summed E-state index contributed by atoms with van der Waals surface area (Å²) in [5, 5.41) is 2.52. The molecule has 34 heavy (non-hydrogen) atoms. The van der Waals surface area contributed by atoms with Gasteiger partial charge in [0, 0.05) is 5.69 Å². The molecule has 1 aliphatic rings. The lowest BCUT2D eigenvalue weighted by molar-refractivity contribution is -0.127. The molecular weight excluding hydrogens is 476 g/mol. The van der Waals surface area contributed by atoms with Crippen LogP contribution in [0.2, 0.25) is 5.02 Å². The third-order valence-electron chi connectivity index (χ3n) is 4.66. The van der Waals surface area contributed by atoms with Gasteiger partial charge in [-0.2, -0.15) is 0 Å². The first-order valence-electron chi connectivity index (χ1n) is 10.5. The van der Waals surface area contributed by atoms with Gasteiger partial charge in [-0.25, -0.2) is 0 Å². The second-order valence-corrected chi connectivity index (χ2v) is 8.96. The lowest BCUT2D eigenvalue weighted by atomic mass is 10.1. The third kappa shape index (κ3) is 6.21. The van der Waals surface area contributed by atoms with Gasteiger partial charge in [0.15, 0.2) is 11.5 Å². The van der Waals surface area contributed by atoms with Crippen molar-refractivity contribution in [2.24, 2.45) is 0 Å². The molecule has 0 bridgehead atoms. The van der Waals surface area contributed by atoms with Gasteiger partial charge in [-0.3, -0.25) is 19.3 Å². The topological polar surface area (TPSA) is 84.9 Å². The summed E-state index contributed by atoms with van der Waals surface area (Å²) < 4.78 is 11.2. The summed E-state index contributed by atoms with van der Waals surface area (Å²) in [5.74, 6) is -0.225. The number of hydrogen-bond donors (Lipinski definition) is 1. The van der Waals surface area contributed by atoms with E-state index in [1.165, 1.54) is 0 Å². The Bertz CT molecular complexity index is 1160. The molecule has 1 aliphatic heterocycles. The highest BCUT2D eigenvalue weighted by Crippen LogP contribution is 2.39. The number of benzene rings is 2. The third-order valence-corrected chi connectivity index (χ3v) is 5.84. The van der Waals surface area contributed by atoms with Crippen LogP contribution in [0.3, 0.4) is 0 Å². The summed E-state index contributed by atoms with van der Waals surface area (Å²) in [4.78, 5) is 38.9. The van der Waals surface area contributed by atoms with E-state index >= 15 is 0 Å². The van der Waals surface area contributed by atoms with Crippen LogP contribution in [0.5, 0.6) is 11.5 Å². The Morgan fingerprint density at radius 3 is 2.50 bits per heavy atom. The Morgan fingerprint density at radius 2 is 1.85 bits per heavy atom. The van der Waals surface area contributed by atoms with Crippen LogP contribution < -0.4 is 14.8 Å². The number of carbonyl (C=O) groups excluding carboxylic acids is 3. The zero-order valence-corrected chi connectivity index (χ0v) is 20.7. The van der Waals surface area contributed by atoms with E-state index in [0.29, 0.717) is 34.4 Å². The van der Waals surface area contributed by atoms with E-state index in [-0.39, 0.29) is 18.1 Å². The Balaban J connectivity index is 1.77. The SMILES string of the molecule is C=CCOc1c(Cl)cc(/C=C2/SC(=O)N(CC(=O)Nc3cc(C)cc(C)c3)C2=O)cc1OCC. The van der Waals surface area contributed by atoms with Gasteiger partial charge in [0.25, 0.3) is 11.1 Å². The fraction of sp³-hybridized carbons (Fsp3) is 0.240. The van der Waals surface area contributed by atoms with Crippen LogP contribution in [0.1, 0.15) is 23.6 Å². The van der Waals surface area contributed by atoms with Gasteiger partial charge in [-0.15, -0.1) is 0 Å². The summed E-state index contributed by atoms with van der Waals surface area (Å²) in [6.45, 7) is 9.54. The molecule has 1 heterocycles. The van der Waals surface area contributed by atoms with Crippen molar-refractivity contribution in [1.82, 2.24) is 4.90 Å². The van der Waals surface area contributed by atoms with Crippen LogP contribution in [0.25, 0.3) is 6.08 Å². The second-order valence-electron chi connectivity index (χ2n) is 7.56. The van der Waals surface area contributed by atoms with Crippen LogP contribution in [0.4, 0.5) is 10.5 Å². The van der Waals surface area contributed by atoms with Crippen molar-refractivity contribution in [3.05, 3.63) is 69.6 Å². The molecule has 0 radical (unpaired) electrons. The van der Waals surface area contributed by atoms with Crippen LogP contribution in [0.15, 0.2) is 47.9 Å². The Kier molecular flexibility index (Phi) is 8.41. The summed E-state index contributed by atoms with van der Waals surface area (Å²) >= 11 is 7.13. The molecule has 1 N–H and O–H groups in total. The summed E-state index contributed by atoms with van der Waals surface area (Å²) in [6, 6.07) is 8.91. The van der Waals surface area contributed by atoms with Crippen molar-refractivity contribution in [2.45, 2.75) is 20.8 Å². The second kappa shape index (κ2) is 11.3. The first-order valence-corrected chi connectivity index (χ1v) is 11.7. The predicted octanol–water partition coefficient (Wildman–Crippen LogP) is 5.60. The van der Waals surface area contributed by atoms with Gasteiger partial charge in [0.1, 0.15) is 13.2 Å². The number of hydrogen-bond acceptors (Lipinski definition) is 6. The average molecular weight is 501 g/mol. The predicted molar refractivity (Wildman–Crippen MR) is 136 cm³/mol. The number of carbonyl (C=O) groups is 3. The van der Waals surface area contributed by atoms with Crippen molar-refractivity contribution in [3.8, 4) is 11.5 Å². The van der Waals surface area contributed by atoms with Gasteiger partial charge in [0.2, 0.25) is 5.91 Å². The molecule has 0 aliphatic carbocycles. The number of aryl methyl sites for hydroxylation is 2. The van der Waals surface area contributed by atoms with Crippen LogP contribution in [-0.4, -0.2) is 41.7 Å². The largest absolute Gasteiger partial charge is 0.490 e. The van der Waals surface area contributed by atoms with Crippen molar-refractivity contribution in [1.29, 1.82) is 0 Å². The molecule has 3 amide bonds. The summed E-state index contributed by atoms with van der Waals surface area (Å²) in [6.07, 6.45) is 3.13. The normalized spacial score (nSPS) is 14.5. The van der Waals surface area contributed by atoms with Gasteiger partial charge in [-0.05, 0) is 79.6 Å². The molecule has 2 aromatic rings. The lowest BCUT2D eigenvalue weighted by Gasteiger charge is -2.14. The van der Waals surface area contributed by atoms with E-state index in [9.17, 15) is 14.4 Å². The molecule has 2 aromatic carbocycles. The van der Waals surface area contributed by atoms with Crippen LogP contribution in [0, 0.1) is 13.8 Å². The smallest absolute Gasteiger partial charge is 0.294 e. The van der Waals surface area contributed by atoms with Gasteiger partial charge in [0.05, 0.1) is 16.5 Å². The average Bonchev–Trinajstić information content (AvgIpc) is 3.00. The van der Waals surface area contributed by atoms with Crippen LogP contribution in [-0.2, 0) is 9.59 Å². The number of nitrogens with zero attached hydrogens (tertiary/aromatic N) is 1. The monoisotopic (exact) mass is 500 g/mol. The summed E-state index contributed by atoms with van der Waals surface area (Å²) in [5.41, 5.74) is 3.16. The maximum atomic E-state index is 12.9. The van der Waals surface area contributed by atoms with E-state index in [2.05, 4.69) is 11.9 Å². The van der Waals surface area contributed by atoms with Crippen LogP contribution >= 0.6 is 23.4 Å². The van der Waals surface area contributed by atoms with Crippen molar-refractivity contribution >= 4 is 52.2 Å². The molecule has 9 heteroatoms. The quantitative estimate of drug-likeness (QED) is 0.356. The fourth-order valence-electron chi connectivity index (χ4n) is 3.40. The first kappa shape index (κ1) is 25.4. The lowest BCUT2D eigenvalue weighted by Crippen LogP contribution is -2.36. The Morgan fingerprint density at radius 1 is 1.15 bits per heavy atom. The number of imide groups is 1. The maximum Gasteiger partial charge on any atom is 0.294 e. The van der Waals surface area contributed by atoms with Gasteiger partial charge < -0.3 is 14.8 Å². The van der Waals surface area contributed by atoms with Crippen molar-refractivity contribution < 1.29 is 23.9 Å². The van der Waals surface area contributed by atoms with Crippen molar-refractivity contribution in [2.75, 3.05) is 25.1 Å². The minimum Gasteiger partial charge on any atom is -0.490 e. The molecule has 0 spiro atoms. The maximum absolute atomic E-state index is 12.9. The number of nitrogens with one attached hydrogen (secondary N) is 1. The molecule has 178 valence electrons. The number of rotatable bonds is 9. The van der Waals surface area contributed by atoms with Gasteiger partial charge in [-0.1, -0.05) is 30.3 Å². The Hall–Kier alpha value is -3.23. The molecule has 0 unspecified atom stereocenters. The zero-order chi connectivity index (χ0) is 24.8. The van der Waals surface area contributed by atoms with E-state index in [4.69, 9.17) is 21.1 Å². The molecule has 0 aromatic heterocycles. The van der Waals surface area contributed by atoms with E-state index in [1.807, 2.05) is 39.0 Å². The molecule has 1 fully saturated rings. The fourth-order valence-corrected chi connectivity index (χ4v) is 4.51. The Labute approximate surface area is 207 Å². The minimum absolute atomic E-state index is 0.183. The zero-order valence-electron chi connectivity index (χ0n) is 19.1. The van der Waals surface area contributed by atoms with E-state index in [0.717, 1.165) is 27.8 Å². The molecular formula is C25H25ClN2O5S. The van der Waals surface area contributed by atoms with E-state index < -0.39 is 17.1 Å². The highest BCUT2D eigenvalue weighted by molar-refractivity contribution is 8.18. The number of ether oxygens (including phenoxy) is 2. The highest BCUT2D eigenvalue weighted by atomic mass is 35.5. The summed E-state index contributed by atoms with van der Waals surface area (Å²) in [7, 11) is 0. The number of thioether (sulfide) groups is 1. The van der Waals surface area contributed by atoms with Crippen molar-refractivity contribution in [3.63, 3.8) is 0 Å². The molecule has 1 saturated heterocycles. The first-order chi connectivity index (χ1) is 16.2. The molecule has 3 rings (SSSR count). The van der Waals surface area contributed by atoms with Gasteiger partial charge >= 0.3 is 0 Å².